The van der Waals surface area contributed by atoms with Gasteiger partial charge in [-0.15, -0.1) is 11.3 Å². The maximum absolute atomic E-state index is 12.0. The predicted octanol–water partition coefficient (Wildman–Crippen LogP) is 2.44. The third-order valence-electron chi connectivity index (χ3n) is 3.92. The van der Waals surface area contributed by atoms with Gasteiger partial charge in [-0.2, -0.15) is 0 Å². The molecule has 0 aliphatic carbocycles. The molecule has 1 aliphatic heterocycles. The molecular weight excluding hydrogens is 368 g/mol. The SMILES string of the molecule is Cc1nc(SCC(=O)O[C@@H]2CCS(=O)(=O)C2)c2c(C)c(C)sc2n1. The standard InChI is InChI=1S/C15H18N2O4S3/c1-8-9(2)23-15-13(8)14(16-10(3)17-15)22-6-12(18)21-11-4-5-24(19,20)7-11/h11H,4-7H2,1-3H3/t11-/m1/s1. The summed E-state index contributed by atoms with van der Waals surface area (Å²) in [6, 6.07) is 0. The molecule has 9 heteroatoms. The minimum Gasteiger partial charge on any atom is -0.461 e. The Hall–Kier alpha value is -1.19. The van der Waals surface area contributed by atoms with E-state index in [9.17, 15) is 13.2 Å². The number of carbonyl (C=O) groups is 1. The van der Waals surface area contributed by atoms with Crippen LogP contribution in [0.25, 0.3) is 10.2 Å². The summed E-state index contributed by atoms with van der Waals surface area (Å²) in [5, 5.41) is 1.76. The van der Waals surface area contributed by atoms with Crippen molar-refractivity contribution in [3.8, 4) is 0 Å². The summed E-state index contributed by atoms with van der Waals surface area (Å²) >= 11 is 2.93. The summed E-state index contributed by atoms with van der Waals surface area (Å²) < 4.78 is 28.1. The van der Waals surface area contributed by atoms with Crippen molar-refractivity contribution in [3.63, 3.8) is 0 Å². The van der Waals surface area contributed by atoms with E-state index in [0.717, 1.165) is 20.8 Å². The van der Waals surface area contributed by atoms with Gasteiger partial charge in [0.1, 0.15) is 21.8 Å². The van der Waals surface area contributed by atoms with Crippen molar-refractivity contribution in [2.24, 2.45) is 0 Å². The van der Waals surface area contributed by atoms with Crippen LogP contribution in [0.5, 0.6) is 0 Å². The van der Waals surface area contributed by atoms with Crippen LogP contribution in [0.2, 0.25) is 0 Å². The largest absolute Gasteiger partial charge is 0.461 e. The van der Waals surface area contributed by atoms with Gasteiger partial charge in [0.15, 0.2) is 9.84 Å². The number of ether oxygens (including phenoxy) is 1. The van der Waals surface area contributed by atoms with Gasteiger partial charge in [-0.1, -0.05) is 11.8 Å². The molecule has 6 nitrogen and oxygen atoms in total. The predicted molar refractivity (Wildman–Crippen MR) is 95.5 cm³/mol. The monoisotopic (exact) mass is 386 g/mol. The molecule has 1 atom stereocenters. The van der Waals surface area contributed by atoms with Gasteiger partial charge in [0, 0.05) is 10.3 Å². The highest BCUT2D eigenvalue weighted by atomic mass is 32.2. The Bertz CT molecular complexity index is 905. The van der Waals surface area contributed by atoms with Gasteiger partial charge >= 0.3 is 5.97 Å². The summed E-state index contributed by atoms with van der Waals surface area (Å²) in [4.78, 5) is 23.0. The smallest absolute Gasteiger partial charge is 0.316 e. The minimum atomic E-state index is -3.05. The molecule has 0 radical (unpaired) electrons. The Labute approximate surface area is 148 Å². The van der Waals surface area contributed by atoms with Gasteiger partial charge in [-0.05, 0) is 32.8 Å². The number of esters is 1. The van der Waals surface area contributed by atoms with Gasteiger partial charge in [-0.25, -0.2) is 18.4 Å². The first-order valence-electron chi connectivity index (χ1n) is 7.52. The zero-order valence-electron chi connectivity index (χ0n) is 13.7. The first kappa shape index (κ1) is 17.6. The maximum Gasteiger partial charge on any atom is 0.316 e. The van der Waals surface area contributed by atoms with Crippen LogP contribution in [-0.4, -0.2) is 47.7 Å². The number of sulfone groups is 1. The molecule has 1 saturated heterocycles. The number of hydrogen-bond acceptors (Lipinski definition) is 8. The molecule has 2 aromatic heterocycles. The van der Waals surface area contributed by atoms with E-state index in [1.165, 1.54) is 16.6 Å². The molecule has 0 amide bonds. The normalized spacial score (nSPS) is 19.7. The van der Waals surface area contributed by atoms with Gasteiger partial charge in [-0.3, -0.25) is 4.79 Å². The van der Waals surface area contributed by atoms with Crippen LogP contribution in [-0.2, 0) is 19.4 Å². The third kappa shape index (κ3) is 3.73. The van der Waals surface area contributed by atoms with Crippen LogP contribution in [0.15, 0.2) is 5.03 Å². The second-order valence-electron chi connectivity index (χ2n) is 5.84. The zero-order valence-corrected chi connectivity index (χ0v) is 16.1. The van der Waals surface area contributed by atoms with E-state index in [4.69, 9.17) is 4.74 Å². The van der Waals surface area contributed by atoms with Gasteiger partial charge in [0.05, 0.1) is 17.3 Å². The van der Waals surface area contributed by atoms with Crippen molar-refractivity contribution < 1.29 is 17.9 Å². The number of nitrogens with zero attached hydrogens (tertiary/aromatic N) is 2. The lowest BCUT2D eigenvalue weighted by Crippen LogP contribution is -2.20. The van der Waals surface area contributed by atoms with E-state index in [-0.39, 0.29) is 17.3 Å². The topological polar surface area (TPSA) is 86.2 Å². The van der Waals surface area contributed by atoms with Crippen LogP contribution in [0.3, 0.4) is 0 Å². The number of rotatable bonds is 4. The summed E-state index contributed by atoms with van der Waals surface area (Å²) in [5.41, 5.74) is 1.13. The molecule has 24 heavy (non-hydrogen) atoms. The van der Waals surface area contributed by atoms with Crippen molar-refractivity contribution >= 4 is 49.1 Å². The highest BCUT2D eigenvalue weighted by Gasteiger charge is 2.30. The lowest BCUT2D eigenvalue weighted by molar-refractivity contribution is -0.144. The first-order valence-corrected chi connectivity index (χ1v) is 11.1. The summed E-state index contributed by atoms with van der Waals surface area (Å²) in [5.74, 6) is 0.397. The maximum atomic E-state index is 12.0. The number of thiophene rings is 1. The lowest BCUT2D eigenvalue weighted by Gasteiger charge is -2.10. The van der Waals surface area contributed by atoms with Crippen LogP contribution in [0, 0.1) is 20.8 Å². The molecule has 0 spiro atoms. The fourth-order valence-corrected chi connectivity index (χ4v) is 6.26. The number of carbonyl (C=O) groups excluding carboxylic acids is 1. The molecule has 130 valence electrons. The van der Waals surface area contributed by atoms with E-state index in [2.05, 4.69) is 9.97 Å². The quantitative estimate of drug-likeness (QED) is 0.453. The van der Waals surface area contributed by atoms with E-state index in [0.29, 0.717) is 12.2 Å². The fourth-order valence-electron chi connectivity index (χ4n) is 2.62. The molecule has 3 rings (SSSR count). The molecule has 0 unspecified atom stereocenters. The van der Waals surface area contributed by atoms with Crippen molar-refractivity contribution in [2.75, 3.05) is 17.3 Å². The first-order chi connectivity index (χ1) is 11.2. The van der Waals surface area contributed by atoms with Crippen molar-refractivity contribution in [1.29, 1.82) is 0 Å². The second-order valence-corrected chi connectivity index (χ2v) is 10.2. The Kier molecular flexibility index (Phi) is 4.85. The number of aryl methyl sites for hydroxylation is 3. The number of hydrogen-bond donors (Lipinski definition) is 0. The zero-order chi connectivity index (χ0) is 17.5. The average Bonchev–Trinajstić information content (AvgIpc) is 2.96. The van der Waals surface area contributed by atoms with Crippen molar-refractivity contribution in [1.82, 2.24) is 9.97 Å². The van der Waals surface area contributed by atoms with Crippen molar-refractivity contribution in [3.05, 3.63) is 16.3 Å². The van der Waals surface area contributed by atoms with E-state index in [1.54, 1.807) is 11.3 Å². The average molecular weight is 387 g/mol. The summed E-state index contributed by atoms with van der Waals surface area (Å²) in [6.45, 7) is 5.90. The second kappa shape index (κ2) is 6.61. The van der Waals surface area contributed by atoms with Gasteiger partial charge in [0.25, 0.3) is 0 Å². The highest BCUT2D eigenvalue weighted by molar-refractivity contribution is 8.00. The third-order valence-corrected chi connectivity index (χ3v) is 7.71. The van der Waals surface area contributed by atoms with Crippen LogP contribution < -0.4 is 0 Å². The Morgan fingerprint density at radius 1 is 1.33 bits per heavy atom. The molecule has 1 aliphatic rings. The van der Waals surface area contributed by atoms with Crippen molar-refractivity contribution in [2.45, 2.75) is 38.3 Å². The Balaban J connectivity index is 1.70. The number of aromatic nitrogens is 2. The van der Waals surface area contributed by atoms with Gasteiger partial charge in [0.2, 0.25) is 0 Å². The molecule has 3 heterocycles. The summed E-state index contributed by atoms with van der Waals surface area (Å²) in [7, 11) is -3.05. The number of fused-ring (bicyclic) bond motifs is 1. The molecule has 1 fully saturated rings. The molecule has 0 aromatic carbocycles. The van der Waals surface area contributed by atoms with Crippen LogP contribution >= 0.6 is 23.1 Å². The van der Waals surface area contributed by atoms with Crippen LogP contribution in [0.4, 0.5) is 0 Å². The van der Waals surface area contributed by atoms with Gasteiger partial charge < -0.3 is 4.74 Å². The Morgan fingerprint density at radius 2 is 2.08 bits per heavy atom. The van der Waals surface area contributed by atoms with E-state index >= 15 is 0 Å². The molecular formula is C15H18N2O4S3. The number of thioether (sulfide) groups is 1. The highest BCUT2D eigenvalue weighted by Crippen LogP contribution is 2.35. The molecule has 2 aromatic rings. The lowest BCUT2D eigenvalue weighted by atomic mass is 10.2. The Morgan fingerprint density at radius 3 is 2.75 bits per heavy atom. The molecule has 0 bridgehead atoms. The summed E-state index contributed by atoms with van der Waals surface area (Å²) in [6.07, 6.45) is -0.126. The fraction of sp³-hybridized carbons (Fsp3) is 0.533. The van der Waals surface area contributed by atoms with E-state index in [1.807, 2.05) is 20.8 Å². The molecule has 0 N–H and O–H groups in total. The minimum absolute atomic E-state index is 0.0664. The molecule has 0 saturated carbocycles. The van der Waals surface area contributed by atoms with Crippen LogP contribution in [0.1, 0.15) is 22.7 Å². The van der Waals surface area contributed by atoms with E-state index < -0.39 is 21.9 Å².